The Balaban J connectivity index is 1.72. The van der Waals surface area contributed by atoms with Gasteiger partial charge in [0.05, 0.1) is 12.5 Å². The van der Waals surface area contributed by atoms with Gasteiger partial charge in [-0.05, 0) is 42.0 Å². The van der Waals surface area contributed by atoms with Gasteiger partial charge in [0, 0.05) is 10.0 Å². The first-order valence-electron chi connectivity index (χ1n) is 7.90. The van der Waals surface area contributed by atoms with E-state index in [0.717, 1.165) is 10.0 Å². The highest BCUT2D eigenvalue weighted by atomic mass is 79.9. The average Bonchev–Trinajstić information content (AvgIpc) is 2.62. The van der Waals surface area contributed by atoms with Crippen LogP contribution in [-0.2, 0) is 4.79 Å². The van der Waals surface area contributed by atoms with E-state index in [0.29, 0.717) is 0 Å². The minimum Gasteiger partial charge on any atom is -0.435 e. The molecule has 3 rings (SSSR count). The molecule has 0 aromatic heterocycles. The first kappa shape index (κ1) is 19.0. The number of nitrogens with zero attached hydrogens (tertiary/aromatic N) is 1. The van der Waals surface area contributed by atoms with Crippen molar-refractivity contribution in [3.8, 4) is 5.75 Å². The van der Waals surface area contributed by atoms with Crippen molar-refractivity contribution in [2.45, 2.75) is 19.1 Å². The Labute approximate surface area is 161 Å². The molecule has 2 amide bonds. The van der Waals surface area contributed by atoms with Crippen molar-refractivity contribution in [1.29, 1.82) is 0 Å². The molecule has 0 saturated heterocycles. The van der Waals surface area contributed by atoms with Crippen LogP contribution in [0.15, 0.2) is 58.0 Å². The van der Waals surface area contributed by atoms with Gasteiger partial charge in [-0.15, -0.1) is 0 Å². The molecule has 0 aliphatic carbocycles. The molecule has 0 fully saturated rings. The lowest BCUT2D eigenvalue weighted by Crippen LogP contribution is -2.47. The molecule has 27 heavy (non-hydrogen) atoms. The zero-order chi connectivity index (χ0) is 19.4. The number of nitrogens with one attached hydrogen (secondary N) is 2. The third-order valence-electron chi connectivity index (χ3n) is 3.75. The molecule has 140 valence electrons. The fraction of sp³-hybridized carbons (Fsp3) is 0.167. The van der Waals surface area contributed by atoms with Gasteiger partial charge >= 0.3 is 6.61 Å². The van der Waals surface area contributed by atoms with Gasteiger partial charge in [0.1, 0.15) is 5.75 Å². The van der Waals surface area contributed by atoms with Crippen LogP contribution in [0.1, 0.15) is 28.4 Å². The summed E-state index contributed by atoms with van der Waals surface area (Å²) in [6.45, 7) is -2.94. The molecule has 6 nitrogen and oxygen atoms in total. The number of benzene rings is 2. The third-order valence-corrected chi connectivity index (χ3v) is 4.28. The highest BCUT2D eigenvalue weighted by Crippen LogP contribution is 2.25. The summed E-state index contributed by atoms with van der Waals surface area (Å²) in [5.41, 5.74) is 1.05. The summed E-state index contributed by atoms with van der Waals surface area (Å²) in [5, 5.41) is 5.03. The predicted molar refractivity (Wildman–Crippen MR) is 97.6 cm³/mol. The number of amides is 2. The maximum Gasteiger partial charge on any atom is 0.387 e. The number of aliphatic imine (C=N–C) groups is 1. The highest BCUT2D eigenvalue weighted by Gasteiger charge is 2.23. The normalized spacial score (nSPS) is 16.5. The zero-order valence-electron chi connectivity index (χ0n) is 13.8. The molecule has 9 heteroatoms. The standard InChI is InChI=1S/C18H14BrF2N3O3/c19-12-5-1-10(2-6-12)14-9-15(25)23-18(22-14)24-16(26)11-3-7-13(8-4-11)27-17(20)21/h1-8,14,17H,9H2,(H2,22,23,24,25,26)/t14-/m0/s1. The molecular formula is C18H14BrF2N3O3. The molecule has 2 N–H and O–H groups in total. The monoisotopic (exact) mass is 437 g/mol. The van der Waals surface area contributed by atoms with E-state index < -0.39 is 18.6 Å². The summed E-state index contributed by atoms with van der Waals surface area (Å²) >= 11 is 3.35. The van der Waals surface area contributed by atoms with E-state index in [9.17, 15) is 18.4 Å². The summed E-state index contributed by atoms with van der Waals surface area (Å²) in [6, 6.07) is 12.2. The maximum absolute atomic E-state index is 12.3. The number of halogens is 3. The van der Waals surface area contributed by atoms with Crippen LogP contribution in [-0.4, -0.2) is 24.4 Å². The Morgan fingerprint density at radius 1 is 1.19 bits per heavy atom. The molecule has 0 bridgehead atoms. The molecule has 1 aliphatic heterocycles. The third kappa shape index (κ3) is 5.10. The number of carbonyl (C=O) groups excluding carboxylic acids is 2. The van der Waals surface area contributed by atoms with Gasteiger partial charge in [-0.3, -0.25) is 20.2 Å². The SMILES string of the molecule is O=C1C[C@@H](c2ccc(Br)cc2)N=C(NC(=O)c2ccc(OC(F)F)cc2)N1. The van der Waals surface area contributed by atoms with E-state index >= 15 is 0 Å². The average molecular weight is 438 g/mol. The summed E-state index contributed by atoms with van der Waals surface area (Å²) in [5.74, 6) is -0.819. The van der Waals surface area contributed by atoms with Gasteiger partial charge in [0.2, 0.25) is 11.9 Å². The Kier molecular flexibility index (Phi) is 5.80. The summed E-state index contributed by atoms with van der Waals surface area (Å²) < 4.78 is 29.5. The van der Waals surface area contributed by atoms with Crippen molar-refractivity contribution in [2.75, 3.05) is 0 Å². The first-order valence-corrected chi connectivity index (χ1v) is 8.69. The summed E-state index contributed by atoms with van der Waals surface area (Å²) in [6.07, 6.45) is 0.167. The van der Waals surface area contributed by atoms with Crippen LogP contribution in [0.25, 0.3) is 0 Å². The largest absolute Gasteiger partial charge is 0.435 e. The Morgan fingerprint density at radius 3 is 2.48 bits per heavy atom. The second kappa shape index (κ2) is 8.26. The summed E-state index contributed by atoms with van der Waals surface area (Å²) in [7, 11) is 0. The van der Waals surface area contributed by atoms with Gasteiger partial charge in [-0.2, -0.15) is 8.78 Å². The number of alkyl halides is 2. The van der Waals surface area contributed by atoms with E-state index in [1.165, 1.54) is 24.3 Å². The van der Waals surface area contributed by atoms with Gasteiger partial charge in [0.25, 0.3) is 5.91 Å². The highest BCUT2D eigenvalue weighted by molar-refractivity contribution is 9.10. The zero-order valence-corrected chi connectivity index (χ0v) is 15.4. The Morgan fingerprint density at radius 2 is 1.85 bits per heavy atom. The van der Waals surface area contributed by atoms with Gasteiger partial charge in [-0.25, -0.2) is 4.99 Å². The van der Waals surface area contributed by atoms with E-state index in [1.54, 1.807) is 0 Å². The van der Waals surface area contributed by atoms with Crippen LogP contribution >= 0.6 is 15.9 Å². The van der Waals surface area contributed by atoms with Gasteiger partial charge in [-0.1, -0.05) is 28.1 Å². The number of ether oxygens (including phenoxy) is 1. The fourth-order valence-electron chi connectivity index (χ4n) is 2.50. The van der Waals surface area contributed by atoms with Crippen LogP contribution in [0, 0.1) is 0 Å². The fourth-order valence-corrected chi connectivity index (χ4v) is 2.77. The smallest absolute Gasteiger partial charge is 0.387 e. The van der Waals surface area contributed by atoms with Crippen LogP contribution in [0.3, 0.4) is 0 Å². The van der Waals surface area contributed by atoms with Crippen molar-refractivity contribution in [3.05, 3.63) is 64.1 Å². The molecule has 1 aliphatic rings. The predicted octanol–water partition coefficient (Wildman–Crippen LogP) is 3.40. The second-order valence-corrected chi connectivity index (χ2v) is 6.57. The molecule has 0 radical (unpaired) electrons. The van der Waals surface area contributed by atoms with Crippen LogP contribution in [0.5, 0.6) is 5.75 Å². The molecule has 0 spiro atoms. The van der Waals surface area contributed by atoms with Gasteiger partial charge < -0.3 is 4.74 Å². The van der Waals surface area contributed by atoms with Crippen LogP contribution in [0.4, 0.5) is 8.78 Å². The molecular weight excluding hydrogens is 424 g/mol. The Bertz CT molecular complexity index is 870. The van der Waals surface area contributed by atoms with E-state index in [2.05, 4.69) is 36.3 Å². The lowest BCUT2D eigenvalue weighted by molar-refractivity contribution is -0.120. The van der Waals surface area contributed by atoms with Crippen molar-refractivity contribution in [3.63, 3.8) is 0 Å². The number of guanidine groups is 1. The van der Waals surface area contributed by atoms with Crippen molar-refractivity contribution in [1.82, 2.24) is 10.6 Å². The molecule has 1 heterocycles. The van der Waals surface area contributed by atoms with E-state index in [1.807, 2.05) is 24.3 Å². The molecule has 1 atom stereocenters. The molecule has 2 aromatic rings. The number of rotatable bonds is 4. The first-order chi connectivity index (χ1) is 12.9. The minimum atomic E-state index is -2.94. The van der Waals surface area contributed by atoms with E-state index in [-0.39, 0.29) is 29.6 Å². The molecule has 0 unspecified atom stereocenters. The van der Waals surface area contributed by atoms with Crippen molar-refractivity contribution in [2.24, 2.45) is 4.99 Å². The Hall–Kier alpha value is -2.81. The summed E-state index contributed by atoms with van der Waals surface area (Å²) in [4.78, 5) is 28.6. The number of hydrogen-bond donors (Lipinski definition) is 2. The lowest BCUT2D eigenvalue weighted by Gasteiger charge is -2.21. The lowest BCUT2D eigenvalue weighted by atomic mass is 10.0. The van der Waals surface area contributed by atoms with Crippen molar-refractivity contribution >= 4 is 33.7 Å². The van der Waals surface area contributed by atoms with Crippen LogP contribution < -0.4 is 15.4 Å². The number of carbonyl (C=O) groups is 2. The van der Waals surface area contributed by atoms with Gasteiger partial charge in [0.15, 0.2) is 0 Å². The minimum absolute atomic E-state index is 0.0390. The number of hydrogen-bond acceptors (Lipinski definition) is 4. The van der Waals surface area contributed by atoms with E-state index in [4.69, 9.17) is 0 Å². The molecule has 0 saturated carbocycles. The topological polar surface area (TPSA) is 79.8 Å². The molecule has 2 aromatic carbocycles. The van der Waals surface area contributed by atoms with Crippen LogP contribution in [0.2, 0.25) is 0 Å². The van der Waals surface area contributed by atoms with Crippen molar-refractivity contribution < 1.29 is 23.1 Å². The second-order valence-electron chi connectivity index (χ2n) is 5.65. The quantitative estimate of drug-likeness (QED) is 0.768. The maximum atomic E-state index is 12.3.